The van der Waals surface area contributed by atoms with Gasteiger partial charge in [-0.3, -0.25) is 4.79 Å². The van der Waals surface area contributed by atoms with Crippen molar-refractivity contribution in [1.82, 2.24) is 0 Å². The Morgan fingerprint density at radius 1 is 0.905 bits per heavy atom. The van der Waals surface area contributed by atoms with Gasteiger partial charge in [0.25, 0.3) is 0 Å². The van der Waals surface area contributed by atoms with Gasteiger partial charge in [-0.2, -0.15) is 0 Å². The minimum atomic E-state index is 0.261. The van der Waals surface area contributed by atoms with Crippen molar-refractivity contribution in [3.63, 3.8) is 0 Å². The summed E-state index contributed by atoms with van der Waals surface area (Å²) >= 11 is 0. The number of carbonyl (C=O) groups is 1. The molecule has 1 nitrogen and oxygen atoms in total. The Balaban J connectivity index is 2.22. The summed E-state index contributed by atoms with van der Waals surface area (Å²) in [4.78, 5) is 12.8. The number of carbonyl (C=O) groups excluding carboxylic acids is 1. The van der Waals surface area contributed by atoms with Crippen LogP contribution in [0.1, 0.15) is 37.0 Å². The van der Waals surface area contributed by atoms with E-state index in [4.69, 9.17) is 0 Å². The predicted octanol–water partition coefficient (Wildman–Crippen LogP) is 5.61. The first-order valence-electron chi connectivity index (χ1n) is 7.60. The lowest BCUT2D eigenvalue weighted by Crippen LogP contribution is -2.03. The van der Waals surface area contributed by atoms with Gasteiger partial charge in [0.05, 0.1) is 0 Å². The molecular weight excluding hydrogens is 256 g/mol. The summed E-state index contributed by atoms with van der Waals surface area (Å²) in [5.74, 6) is 0.812. The lowest BCUT2D eigenvalue weighted by atomic mass is 9.91. The quantitative estimate of drug-likeness (QED) is 0.447. The molecule has 1 heteroatoms. The second-order valence-corrected chi connectivity index (χ2v) is 6.05. The minimum absolute atomic E-state index is 0.261. The molecule has 0 saturated carbocycles. The fourth-order valence-corrected chi connectivity index (χ4v) is 2.86. The van der Waals surface area contributed by atoms with Crippen LogP contribution in [0.25, 0.3) is 21.5 Å². The van der Waals surface area contributed by atoms with Crippen molar-refractivity contribution < 1.29 is 4.79 Å². The van der Waals surface area contributed by atoms with Crippen molar-refractivity contribution in [2.75, 3.05) is 0 Å². The van der Waals surface area contributed by atoms with Crippen LogP contribution in [-0.2, 0) is 0 Å². The third-order valence-electron chi connectivity index (χ3n) is 4.00. The summed E-state index contributed by atoms with van der Waals surface area (Å²) in [5.41, 5.74) is 0.893. The van der Waals surface area contributed by atoms with E-state index in [9.17, 15) is 4.79 Å². The maximum Gasteiger partial charge on any atom is 0.164 e. The largest absolute Gasteiger partial charge is 0.294 e. The van der Waals surface area contributed by atoms with Gasteiger partial charge < -0.3 is 0 Å². The average molecular weight is 276 g/mol. The Morgan fingerprint density at radius 3 is 1.95 bits per heavy atom. The van der Waals surface area contributed by atoms with Crippen LogP contribution in [0.15, 0.2) is 54.6 Å². The molecular formula is C20H20O. The molecule has 0 aliphatic carbocycles. The van der Waals surface area contributed by atoms with Gasteiger partial charge >= 0.3 is 0 Å². The second-order valence-electron chi connectivity index (χ2n) is 6.05. The monoisotopic (exact) mass is 276 g/mol. The smallest absolute Gasteiger partial charge is 0.164 e. The number of Topliss-reactive ketones (excluding diaryl/α,β-unsaturated/α-hetero) is 1. The van der Waals surface area contributed by atoms with Gasteiger partial charge in [0.1, 0.15) is 0 Å². The van der Waals surface area contributed by atoms with Crippen LogP contribution in [-0.4, -0.2) is 5.78 Å². The van der Waals surface area contributed by atoms with Crippen LogP contribution in [0.2, 0.25) is 0 Å². The molecule has 0 aromatic heterocycles. The van der Waals surface area contributed by atoms with Crippen molar-refractivity contribution in [2.24, 2.45) is 5.92 Å². The predicted molar refractivity (Wildman–Crippen MR) is 89.9 cm³/mol. The summed E-state index contributed by atoms with van der Waals surface area (Å²) < 4.78 is 0. The molecule has 0 radical (unpaired) electrons. The van der Waals surface area contributed by atoms with E-state index in [-0.39, 0.29) is 5.78 Å². The van der Waals surface area contributed by atoms with Crippen molar-refractivity contribution in [1.29, 1.82) is 0 Å². The van der Waals surface area contributed by atoms with E-state index in [2.05, 4.69) is 44.2 Å². The molecule has 0 amide bonds. The van der Waals surface area contributed by atoms with Gasteiger partial charge in [-0.25, -0.2) is 0 Å². The number of fused-ring (bicyclic) bond motifs is 2. The molecule has 0 aliphatic heterocycles. The Morgan fingerprint density at radius 2 is 1.43 bits per heavy atom. The van der Waals surface area contributed by atoms with E-state index in [0.29, 0.717) is 12.3 Å². The topological polar surface area (TPSA) is 17.1 Å². The lowest BCUT2D eigenvalue weighted by molar-refractivity contribution is 0.0978. The molecule has 0 aliphatic rings. The van der Waals surface area contributed by atoms with Crippen LogP contribution in [0, 0.1) is 5.92 Å². The maximum absolute atomic E-state index is 12.8. The number of benzene rings is 3. The Bertz CT molecular complexity index is 745. The molecule has 0 saturated heterocycles. The molecule has 3 aromatic carbocycles. The average Bonchev–Trinajstić information content (AvgIpc) is 2.50. The molecule has 21 heavy (non-hydrogen) atoms. The lowest BCUT2D eigenvalue weighted by Gasteiger charge is -2.11. The molecule has 0 fully saturated rings. The maximum atomic E-state index is 12.8. The zero-order valence-electron chi connectivity index (χ0n) is 12.6. The van der Waals surface area contributed by atoms with Gasteiger partial charge in [-0.15, -0.1) is 0 Å². The zero-order chi connectivity index (χ0) is 14.8. The van der Waals surface area contributed by atoms with Gasteiger partial charge in [-0.1, -0.05) is 62.4 Å². The Kier molecular flexibility index (Phi) is 3.74. The highest BCUT2D eigenvalue weighted by atomic mass is 16.1. The van der Waals surface area contributed by atoms with Crippen molar-refractivity contribution >= 4 is 27.3 Å². The number of hydrogen-bond donors (Lipinski definition) is 0. The Hall–Kier alpha value is -2.15. The standard InChI is InChI=1S/C20H20O/c1-14(2)11-12-19(21)20-17-9-5-3-7-15(17)13-16-8-4-6-10-18(16)20/h3-10,13-14H,11-12H2,1-2H3. The van der Waals surface area contributed by atoms with Crippen LogP contribution in [0.4, 0.5) is 0 Å². The molecule has 0 spiro atoms. The Labute approximate surface area is 125 Å². The van der Waals surface area contributed by atoms with Crippen molar-refractivity contribution in [3.05, 3.63) is 60.2 Å². The van der Waals surface area contributed by atoms with Gasteiger partial charge in [0.2, 0.25) is 0 Å². The van der Waals surface area contributed by atoms with Crippen molar-refractivity contribution in [3.8, 4) is 0 Å². The van der Waals surface area contributed by atoms with E-state index in [1.54, 1.807) is 0 Å². The molecule has 0 atom stereocenters. The van der Waals surface area contributed by atoms with Crippen LogP contribution >= 0.6 is 0 Å². The molecule has 0 N–H and O–H groups in total. The van der Waals surface area contributed by atoms with Gasteiger partial charge in [0.15, 0.2) is 5.78 Å². The van der Waals surface area contributed by atoms with Gasteiger partial charge in [-0.05, 0) is 39.9 Å². The third kappa shape index (κ3) is 2.69. The second kappa shape index (κ2) is 5.69. The number of rotatable bonds is 4. The summed E-state index contributed by atoms with van der Waals surface area (Å²) in [6.45, 7) is 4.32. The fourth-order valence-electron chi connectivity index (χ4n) is 2.86. The fraction of sp³-hybridized carbons (Fsp3) is 0.250. The summed E-state index contributed by atoms with van der Waals surface area (Å²) in [5, 5.41) is 4.43. The van der Waals surface area contributed by atoms with Gasteiger partial charge in [0, 0.05) is 12.0 Å². The zero-order valence-corrected chi connectivity index (χ0v) is 12.6. The molecule has 0 heterocycles. The summed E-state index contributed by atoms with van der Waals surface area (Å²) in [6, 6.07) is 18.5. The third-order valence-corrected chi connectivity index (χ3v) is 4.00. The van der Waals surface area contributed by atoms with E-state index in [1.165, 1.54) is 0 Å². The van der Waals surface area contributed by atoms with Crippen LogP contribution in [0.5, 0.6) is 0 Å². The SMILES string of the molecule is CC(C)CCC(=O)c1c2ccccc2cc2ccccc12. The first kappa shape index (κ1) is 13.8. The molecule has 3 rings (SSSR count). The number of ketones is 1. The minimum Gasteiger partial charge on any atom is -0.294 e. The highest BCUT2D eigenvalue weighted by Gasteiger charge is 2.14. The van der Waals surface area contributed by atoms with E-state index in [0.717, 1.165) is 33.5 Å². The van der Waals surface area contributed by atoms with E-state index >= 15 is 0 Å². The van der Waals surface area contributed by atoms with E-state index < -0.39 is 0 Å². The number of hydrogen-bond acceptors (Lipinski definition) is 1. The molecule has 0 unspecified atom stereocenters. The highest BCUT2D eigenvalue weighted by molar-refractivity contribution is 6.18. The molecule has 106 valence electrons. The molecule has 3 aromatic rings. The van der Waals surface area contributed by atoms with E-state index in [1.807, 2.05) is 24.3 Å². The van der Waals surface area contributed by atoms with Crippen LogP contribution in [0.3, 0.4) is 0 Å². The normalized spacial score (nSPS) is 11.4. The first-order valence-corrected chi connectivity index (χ1v) is 7.60. The summed E-state index contributed by atoms with van der Waals surface area (Å²) in [7, 11) is 0. The highest BCUT2D eigenvalue weighted by Crippen LogP contribution is 2.29. The van der Waals surface area contributed by atoms with Crippen molar-refractivity contribution in [2.45, 2.75) is 26.7 Å². The first-order chi connectivity index (χ1) is 10.2. The molecule has 0 bridgehead atoms. The summed E-state index contributed by atoms with van der Waals surface area (Å²) in [6.07, 6.45) is 1.56. The van der Waals surface area contributed by atoms with Crippen LogP contribution < -0.4 is 0 Å².